The summed E-state index contributed by atoms with van der Waals surface area (Å²) in [6.45, 7) is 6.15. The van der Waals surface area contributed by atoms with Gasteiger partial charge in [0.1, 0.15) is 0 Å². The van der Waals surface area contributed by atoms with E-state index in [1.54, 1.807) is 36.1 Å². The molecule has 7 heteroatoms. The van der Waals surface area contributed by atoms with E-state index in [1.165, 1.54) is 16.9 Å². The van der Waals surface area contributed by atoms with Crippen molar-refractivity contribution >= 4 is 42.4 Å². The second-order valence-corrected chi connectivity index (χ2v) is 11.3. The van der Waals surface area contributed by atoms with Crippen molar-refractivity contribution in [2.75, 3.05) is 10.7 Å². The fraction of sp³-hybridized carbons (Fsp3) is 0.231. The Morgan fingerprint density at radius 3 is 2.30 bits per heavy atom. The van der Waals surface area contributed by atoms with Crippen molar-refractivity contribution in [2.45, 2.75) is 38.6 Å². The average molecular weight is 479 g/mol. The highest BCUT2D eigenvalue weighted by Crippen LogP contribution is 2.33. The third kappa shape index (κ3) is 4.99. The smallest absolute Gasteiger partial charge is 0.233 e. The number of thiazole rings is 1. The van der Waals surface area contributed by atoms with Crippen LogP contribution < -0.4 is 4.90 Å². The minimum Gasteiger partial charge on any atom is -0.283 e. The molecule has 1 heterocycles. The predicted molar refractivity (Wildman–Crippen MR) is 135 cm³/mol. The number of hydrogen-bond donors (Lipinski definition) is 0. The van der Waals surface area contributed by atoms with Gasteiger partial charge in [0.2, 0.25) is 5.91 Å². The van der Waals surface area contributed by atoms with Gasteiger partial charge in [-0.25, -0.2) is 13.4 Å². The van der Waals surface area contributed by atoms with Gasteiger partial charge in [0.25, 0.3) is 0 Å². The Morgan fingerprint density at radius 1 is 0.939 bits per heavy atom. The number of carbonyl (C=O) groups is 1. The van der Waals surface area contributed by atoms with Crippen LogP contribution in [0.3, 0.4) is 0 Å². The number of aryl methyl sites for hydroxylation is 2. The lowest BCUT2D eigenvalue weighted by atomic mass is 10.1. The Bertz CT molecular complexity index is 1390. The molecule has 0 aliphatic heterocycles. The normalized spacial score (nSPS) is 11.6. The summed E-state index contributed by atoms with van der Waals surface area (Å²) in [6, 6.07) is 20.6. The monoisotopic (exact) mass is 478 g/mol. The molecule has 33 heavy (non-hydrogen) atoms. The molecule has 3 aromatic carbocycles. The van der Waals surface area contributed by atoms with E-state index in [2.05, 4.69) is 26.0 Å². The summed E-state index contributed by atoms with van der Waals surface area (Å²) < 4.78 is 25.2. The van der Waals surface area contributed by atoms with Crippen LogP contribution in [0.5, 0.6) is 0 Å². The molecule has 0 saturated heterocycles. The average Bonchev–Trinajstić information content (AvgIpc) is 3.25. The standard InChI is InChI=1S/C26H26N2O3S2/c1-4-33(30,31)22-13-11-20(12-14-22)16-24(29)28(17-21-8-6-5-7-9-21)26-27-25-19(3)18(2)10-15-23(25)32-26/h5-15H,4,16-17H2,1-3H3. The number of hydrogen-bond acceptors (Lipinski definition) is 5. The van der Waals surface area contributed by atoms with Crippen molar-refractivity contribution < 1.29 is 13.2 Å². The van der Waals surface area contributed by atoms with E-state index in [9.17, 15) is 13.2 Å². The highest BCUT2D eigenvalue weighted by molar-refractivity contribution is 7.91. The predicted octanol–water partition coefficient (Wildman–Crippen LogP) is 5.48. The first-order valence-electron chi connectivity index (χ1n) is 10.8. The largest absolute Gasteiger partial charge is 0.283 e. The number of sulfone groups is 1. The summed E-state index contributed by atoms with van der Waals surface area (Å²) in [5.74, 6) is -0.0366. The zero-order chi connectivity index (χ0) is 23.6. The van der Waals surface area contributed by atoms with Crippen LogP contribution in [0.15, 0.2) is 71.6 Å². The molecule has 5 nitrogen and oxygen atoms in total. The molecule has 1 amide bonds. The van der Waals surface area contributed by atoms with Gasteiger partial charge in [-0.3, -0.25) is 9.69 Å². The van der Waals surface area contributed by atoms with Crippen molar-refractivity contribution in [2.24, 2.45) is 0 Å². The first-order valence-corrected chi connectivity index (χ1v) is 13.3. The van der Waals surface area contributed by atoms with E-state index in [0.717, 1.165) is 26.9 Å². The molecule has 0 atom stereocenters. The molecule has 0 saturated carbocycles. The van der Waals surface area contributed by atoms with Gasteiger partial charge in [-0.2, -0.15) is 0 Å². The third-order valence-corrected chi connectivity index (χ3v) is 8.60. The number of benzene rings is 3. The molecular weight excluding hydrogens is 452 g/mol. The number of aromatic nitrogens is 1. The minimum atomic E-state index is -3.27. The van der Waals surface area contributed by atoms with Crippen LogP contribution in [0.2, 0.25) is 0 Å². The molecular formula is C26H26N2O3S2. The van der Waals surface area contributed by atoms with Gasteiger partial charge in [-0.1, -0.05) is 66.8 Å². The zero-order valence-electron chi connectivity index (χ0n) is 18.9. The van der Waals surface area contributed by atoms with E-state index < -0.39 is 9.84 Å². The Balaban J connectivity index is 1.66. The van der Waals surface area contributed by atoms with E-state index in [1.807, 2.05) is 30.3 Å². The molecule has 0 spiro atoms. The molecule has 4 aromatic rings. The summed E-state index contributed by atoms with van der Waals surface area (Å²) in [7, 11) is -3.27. The second-order valence-electron chi connectivity index (χ2n) is 8.04. The quantitative estimate of drug-likeness (QED) is 0.353. The summed E-state index contributed by atoms with van der Waals surface area (Å²) in [4.78, 5) is 20.3. The number of nitrogens with zero attached hydrogens (tertiary/aromatic N) is 2. The molecule has 0 aliphatic carbocycles. The number of amides is 1. The molecule has 0 unspecified atom stereocenters. The van der Waals surface area contributed by atoms with E-state index >= 15 is 0 Å². The highest BCUT2D eigenvalue weighted by Gasteiger charge is 2.22. The molecule has 0 radical (unpaired) electrons. The van der Waals surface area contributed by atoms with Crippen LogP contribution in [-0.4, -0.2) is 25.1 Å². The van der Waals surface area contributed by atoms with Gasteiger partial charge >= 0.3 is 0 Å². The maximum Gasteiger partial charge on any atom is 0.233 e. The summed E-state index contributed by atoms with van der Waals surface area (Å²) >= 11 is 1.51. The molecule has 170 valence electrons. The fourth-order valence-corrected chi connectivity index (χ4v) is 5.54. The SMILES string of the molecule is CCS(=O)(=O)c1ccc(CC(=O)N(Cc2ccccc2)c2nc3c(C)c(C)ccc3s2)cc1. The summed E-state index contributed by atoms with van der Waals surface area (Å²) in [5, 5.41) is 0.665. The summed E-state index contributed by atoms with van der Waals surface area (Å²) in [5.41, 5.74) is 5.00. The first-order chi connectivity index (χ1) is 15.8. The zero-order valence-corrected chi connectivity index (χ0v) is 20.5. The van der Waals surface area contributed by atoms with E-state index in [0.29, 0.717) is 11.7 Å². The topological polar surface area (TPSA) is 67.3 Å². The fourth-order valence-electron chi connectivity index (χ4n) is 3.61. The van der Waals surface area contributed by atoms with Crippen LogP contribution >= 0.6 is 11.3 Å². The molecule has 0 bridgehead atoms. The number of anilines is 1. The van der Waals surface area contributed by atoms with Crippen LogP contribution in [-0.2, 0) is 27.6 Å². The lowest BCUT2D eigenvalue weighted by Gasteiger charge is -2.20. The van der Waals surface area contributed by atoms with Crippen molar-refractivity contribution in [3.8, 4) is 0 Å². The first kappa shape index (κ1) is 23.1. The van der Waals surface area contributed by atoms with Gasteiger partial charge in [0.05, 0.1) is 33.8 Å². The second kappa shape index (κ2) is 9.45. The maximum atomic E-state index is 13.5. The Labute approximate surface area is 198 Å². The van der Waals surface area contributed by atoms with Gasteiger partial charge in [-0.15, -0.1) is 0 Å². The van der Waals surface area contributed by atoms with E-state index in [4.69, 9.17) is 4.98 Å². The Morgan fingerprint density at radius 2 is 1.64 bits per heavy atom. The van der Waals surface area contributed by atoms with Crippen LogP contribution in [0.4, 0.5) is 5.13 Å². The molecule has 1 aromatic heterocycles. The molecule has 0 N–H and O–H groups in total. The minimum absolute atomic E-state index is 0.0482. The number of fused-ring (bicyclic) bond motifs is 1. The van der Waals surface area contributed by atoms with Gasteiger partial charge in [0, 0.05) is 0 Å². The maximum absolute atomic E-state index is 13.5. The molecule has 4 rings (SSSR count). The molecule has 0 aliphatic rings. The van der Waals surface area contributed by atoms with Crippen LogP contribution in [0.1, 0.15) is 29.2 Å². The van der Waals surface area contributed by atoms with Crippen LogP contribution in [0.25, 0.3) is 10.2 Å². The lowest BCUT2D eigenvalue weighted by molar-refractivity contribution is -0.118. The van der Waals surface area contributed by atoms with Crippen molar-refractivity contribution in [1.29, 1.82) is 0 Å². The van der Waals surface area contributed by atoms with Gasteiger partial charge < -0.3 is 0 Å². The third-order valence-electron chi connectivity index (χ3n) is 5.81. The lowest BCUT2D eigenvalue weighted by Crippen LogP contribution is -2.31. The molecule has 0 fully saturated rings. The van der Waals surface area contributed by atoms with Crippen molar-refractivity contribution in [3.05, 3.63) is 89.0 Å². The highest BCUT2D eigenvalue weighted by atomic mass is 32.2. The van der Waals surface area contributed by atoms with Crippen LogP contribution in [0, 0.1) is 13.8 Å². The summed E-state index contributed by atoms with van der Waals surface area (Å²) in [6.07, 6.45) is 0.160. The van der Waals surface area contributed by atoms with Crippen molar-refractivity contribution in [1.82, 2.24) is 4.98 Å². The Kier molecular flexibility index (Phi) is 6.63. The van der Waals surface area contributed by atoms with E-state index in [-0.39, 0.29) is 23.0 Å². The Hall–Kier alpha value is -3.03. The number of rotatable bonds is 7. The number of carbonyl (C=O) groups excluding carboxylic acids is 1. The van der Waals surface area contributed by atoms with Gasteiger partial charge in [-0.05, 0) is 54.3 Å². The van der Waals surface area contributed by atoms with Crippen molar-refractivity contribution in [3.63, 3.8) is 0 Å². The van der Waals surface area contributed by atoms with Gasteiger partial charge in [0.15, 0.2) is 15.0 Å².